The standard InChI is InChI=1S/C40H67NO14/c1-22(2)18-30(45)53-38-26(6)51-32(21-40(38,7)48)54-35-25(5)52-39(34(47)33(35)41(8)9)55-36-27(16-17-42)19-23(3)28(43)15-13-11-12-14-24(4)50-31(46)20-29(44)37(36)49-10/h11-13,15,17,22-29,32-39,43-44,47-48H,14,16,18-21H2,1-10H3/b12-11+,15-13-/t23-,24-,25-,26+,27+,28+,29-,32+,33-,34-,35-,36+,37+,38+,39+,40-/m1/s1. The van der Waals surface area contributed by atoms with Crippen LogP contribution < -0.4 is 0 Å². The molecule has 0 aromatic carbocycles. The number of allylic oxidation sites excluding steroid dienone is 2. The van der Waals surface area contributed by atoms with Crippen molar-refractivity contribution in [2.75, 3.05) is 21.2 Å². The summed E-state index contributed by atoms with van der Waals surface area (Å²) in [4.78, 5) is 39.3. The summed E-state index contributed by atoms with van der Waals surface area (Å²) in [6, 6.07) is -0.753. The van der Waals surface area contributed by atoms with Gasteiger partial charge in [-0.3, -0.25) is 9.59 Å². The molecule has 16 atom stereocenters. The monoisotopic (exact) mass is 785 g/mol. The van der Waals surface area contributed by atoms with Crippen LogP contribution in [0.5, 0.6) is 0 Å². The van der Waals surface area contributed by atoms with Crippen molar-refractivity contribution in [3.8, 4) is 0 Å². The van der Waals surface area contributed by atoms with E-state index in [1.807, 2.05) is 26.8 Å². The molecular formula is C40H67NO14. The third-order valence-corrected chi connectivity index (χ3v) is 10.6. The van der Waals surface area contributed by atoms with E-state index in [0.717, 1.165) is 6.29 Å². The lowest BCUT2D eigenvalue weighted by Crippen LogP contribution is -2.66. The van der Waals surface area contributed by atoms with E-state index in [-0.39, 0.29) is 37.5 Å². The quantitative estimate of drug-likeness (QED) is 0.176. The number of cyclic esters (lactones) is 1. The molecule has 3 aliphatic heterocycles. The molecule has 3 rings (SSSR count). The zero-order valence-corrected chi connectivity index (χ0v) is 34.2. The second-order valence-electron chi connectivity index (χ2n) is 16.4. The molecule has 0 bridgehead atoms. The highest BCUT2D eigenvalue weighted by molar-refractivity contribution is 5.70. The lowest BCUT2D eigenvalue weighted by Gasteiger charge is -2.50. The first-order chi connectivity index (χ1) is 25.8. The number of carbonyl (C=O) groups excluding carboxylic acids is 3. The number of rotatable bonds is 11. The average Bonchev–Trinajstić information content (AvgIpc) is 3.06. The summed E-state index contributed by atoms with van der Waals surface area (Å²) in [5, 5.41) is 45.8. The van der Waals surface area contributed by atoms with Gasteiger partial charge in [0, 0.05) is 32.8 Å². The van der Waals surface area contributed by atoms with Gasteiger partial charge in [0.1, 0.15) is 36.3 Å². The Morgan fingerprint density at radius 1 is 1.04 bits per heavy atom. The summed E-state index contributed by atoms with van der Waals surface area (Å²) >= 11 is 0. The van der Waals surface area contributed by atoms with Gasteiger partial charge in [-0.25, -0.2) is 0 Å². The number of ether oxygens (including phenoxy) is 7. The van der Waals surface area contributed by atoms with Gasteiger partial charge in [0.25, 0.3) is 0 Å². The van der Waals surface area contributed by atoms with Gasteiger partial charge in [0.2, 0.25) is 0 Å². The number of likely N-dealkylation sites (N-methyl/N-ethyl adjacent to an activating group) is 1. The fraction of sp³-hybridized carbons (Fsp3) is 0.825. The number of carbonyl (C=O) groups is 3. The highest BCUT2D eigenvalue weighted by Gasteiger charge is 2.52. The zero-order valence-electron chi connectivity index (χ0n) is 34.2. The number of nitrogens with zero attached hydrogens (tertiary/aromatic N) is 1. The smallest absolute Gasteiger partial charge is 0.308 e. The molecule has 316 valence electrons. The Morgan fingerprint density at radius 3 is 2.33 bits per heavy atom. The van der Waals surface area contributed by atoms with Crippen molar-refractivity contribution >= 4 is 18.2 Å². The van der Waals surface area contributed by atoms with Crippen molar-refractivity contribution < 1.29 is 68.0 Å². The second kappa shape index (κ2) is 21.4. The molecule has 15 heteroatoms. The molecule has 0 saturated carbocycles. The van der Waals surface area contributed by atoms with Crippen LogP contribution in [-0.2, 0) is 47.5 Å². The first kappa shape index (κ1) is 47.1. The maximum absolute atomic E-state index is 12.9. The topological polar surface area (TPSA) is 200 Å². The van der Waals surface area contributed by atoms with Crippen LogP contribution in [0, 0.1) is 17.8 Å². The van der Waals surface area contributed by atoms with Crippen molar-refractivity contribution in [3.63, 3.8) is 0 Å². The van der Waals surface area contributed by atoms with E-state index in [1.165, 1.54) is 7.11 Å². The van der Waals surface area contributed by atoms with E-state index in [2.05, 4.69) is 0 Å². The Kier molecular flexibility index (Phi) is 18.4. The predicted octanol–water partition coefficient (Wildman–Crippen LogP) is 2.44. The third-order valence-electron chi connectivity index (χ3n) is 10.6. The van der Waals surface area contributed by atoms with Crippen molar-refractivity contribution in [2.24, 2.45) is 17.8 Å². The number of hydrogen-bond acceptors (Lipinski definition) is 15. The molecule has 3 heterocycles. The van der Waals surface area contributed by atoms with Gasteiger partial charge in [0.05, 0.1) is 43.0 Å². The number of aliphatic hydroxyl groups is 4. The van der Waals surface area contributed by atoms with Crippen LogP contribution in [0.1, 0.15) is 87.0 Å². The molecule has 2 saturated heterocycles. The highest BCUT2D eigenvalue weighted by Crippen LogP contribution is 2.37. The summed E-state index contributed by atoms with van der Waals surface area (Å²) in [7, 11) is 4.86. The first-order valence-electron chi connectivity index (χ1n) is 19.5. The minimum absolute atomic E-state index is 0.0318. The normalized spacial score (nSPS) is 42.4. The Hall–Kier alpha value is -2.31. The third kappa shape index (κ3) is 13.4. The molecule has 0 aromatic heterocycles. The number of hydrogen-bond donors (Lipinski definition) is 4. The largest absolute Gasteiger partial charge is 0.462 e. The van der Waals surface area contributed by atoms with E-state index in [1.54, 1.807) is 64.9 Å². The van der Waals surface area contributed by atoms with Gasteiger partial charge in [-0.2, -0.15) is 0 Å². The molecule has 2 fully saturated rings. The summed E-state index contributed by atoms with van der Waals surface area (Å²) in [5.41, 5.74) is -1.49. The van der Waals surface area contributed by atoms with Gasteiger partial charge in [0.15, 0.2) is 18.7 Å². The molecule has 0 spiro atoms. The molecule has 0 unspecified atom stereocenters. The molecule has 55 heavy (non-hydrogen) atoms. The average molecular weight is 786 g/mol. The summed E-state index contributed by atoms with van der Waals surface area (Å²) in [5.74, 6) is -2.03. The van der Waals surface area contributed by atoms with E-state index in [4.69, 9.17) is 33.2 Å². The van der Waals surface area contributed by atoms with Crippen LogP contribution in [0.15, 0.2) is 24.3 Å². The Morgan fingerprint density at radius 2 is 1.73 bits per heavy atom. The Labute approximate surface area is 326 Å². The van der Waals surface area contributed by atoms with Crippen LogP contribution in [0.2, 0.25) is 0 Å². The van der Waals surface area contributed by atoms with Gasteiger partial charge in [-0.05, 0) is 66.0 Å². The fourth-order valence-corrected chi connectivity index (χ4v) is 7.78. The van der Waals surface area contributed by atoms with Gasteiger partial charge in [-0.1, -0.05) is 45.1 Å². The molecule has 4 N–H and O–H groups in total. The van der Waals surface area contributed by atoms with Crippen LogP contribution in [-0.4, -0.2) is 150 Å². The number of esters is 2. The minimum atomic E-state index is -1.49. The molecule has 15 nitrogen and oxygen atoms in total. The van der Waals surface area contributed by atoms with Crippen LogP contribution in [0.4, 0.5) is 0 Å². The van der Waals surface area contributed by atoms with Gasteiger partial charge >= 0.3 is 11.9 Å². The first-order valence-corrected chi connectivity index (χ1v) is 19.5. The van der Waals surface area contributed by atoms with Crippen molar-refractivity contribution in [2.45, 2.75) is 172 Å². The summed E-state index contributed by atoms with van der Waals surface area (Å²) in [6.07, 6.45) is -3.92. The molecular weight excluding hydrogens is 718 g/mol. The lowest BCUT2D eigenvalue weighted by molar-refractivity contribution is -0.344. The summed E-state index contributed by atoms with van der Waals surface area (Å²) < 4.78 is 42.4. The van der Waals surface area contributed by atoms with Crippen LogP contribution in [0.25, 0.3) is 0 Å². The molecule has 0 radical (unpaired) electrons. The fourth-order valence-electron chi connectivity index (χ4n) is 7.78. The predicted molar refractivity (Wildman–Crippen MR) is 200 cm³/mol. The van der Waals surface area contributed by atoms with Gasteiger partial charge in [-0.15, -0.1) is 0 Å². The zero-order chi connectivity index (χ0) is 41.2. The lowest BCUT2D eigenvalue weighted by atomic mass is 9.82. The molecule has 0 amide bonds. The summed E-state index contributed by atoms with van der Waals surface area (Å²) in [6.45, 7) is 12.4. The number of methoxy groups -OCH3 is 1. The van der Waals surface area contributed by atoms with Crippen molar-refractivity contribution in [1.29, 1.82) is 0 Å². The van der Waals surface area contributed by atoms with E-state index in [9.17, 15) is 34.8 Å². The maximum Gasteiger partial charge on any atom is 0.308 e. The van der Waals surface area contributed by atoms with Crippen LogP contribution >= 0.6 is 0 Å². The van der Waals surface area contributed by atoms with Crippen LogP contribution in [0.3, 0.4) is 0 Å². The highest BCUT2D eigenvalue weighted by atomic mass is 16.7. The van der Waals surface area contributed by atoms with Crippen molar-refractivity contribution in [1.82, 2.24) is 4.90 Å². The Bertz CT molecular complexity index is 1270. The molecule has 0 aliphatic carbocycles. The van der Waals surface area contributed by atoms with E-state index in [0.29, 0.717) is 6.42 Å². The second-order valence-corrected chi connectivity index (χ2v) is 16.4. The SMILES string of the molecule is CO[C@@H]1[C@@H](O[C@@H]2O[C@H](C)[C@@H](O[C@H]3C[C@@](C)(O)[C@@H](OC(=O)CC(C)C)[C@H](C)O3)[C@H](N(C)C)[C@H]2O)[C@@H](CC=O)C[C@@H](C)[C@@H](O)/C=C\C=C\C[C@@H](C)OC(=O)C[C@H]1O. The molecule has 3 aliphatic rings. The Balaban J connectivity index is 1.90. The maximum atomic E-state index is 12.9. The number of aliphatic hydroxyl groups excluding tert-OH is 3. The van der Waals surface area contributed by atoms with Gasteiger partial charge < -0.3 is 63.3 Å². The minimum Gasteiger partial charge on any atom is -0.462 e. The van der Waals surface area contributed by atoms with E-state index >= 15 is 0 Å². The van der Waals surface area contributed by atoms with Crippen molar-refractivity contribution in [3.05, 3.63) is 24.3 Å². The molecule has 0 aromatic rings. The number of aldehydes is 1. The van der Waals surface area contributed by atoms with E-state index < -0.39 is 110 Å².